The zero-order chi connectivity index (χ0) is 12.3. The van der Waals surface area contributed by atoms with Gasteiger partial charge < -0.3 is 9.84 Å². The highest BCUT2D eigenvalue weighted by atomic mass is 16.5. The standard InChI is InChI=1S/C13H17NO3/c1-17-11-6-4-10(5-7-11)12-3-2-8-14(12)9-13(15)16/h4-7,12H,2-3,8-9H2,1H3,(H,15,16). The van der Waals surface area contributed by atoms with Crippen molar-refractivity contribution in [3.63, 3.8) is 0 Å². The van der Waals surface area contributed by atoms with Crippen LogP contribution in [0.1, 0.15) is 24.4 Å². The quantitative estimate of drug-likeness (QED) is 0.866. The molecule has 0 aliphatic carbocycles. The van der Waals surface area contributed by atoms with Crippen molar-refractivity contribution >= 4 is 5.97 Å². The molecule has 1 heterocycles. The highest BCUT2D eigenvalue weighted by Crippen LogP contribution is 2.32. The fraction of sp³-hybridized carbons (Fsp3) is 0.462. The van der Waals surface area contributed by atoms with E-state index in [2.05, 4.69) is 0 Å². The van der Waals surface area contributed by atoms with Crippen LogP contribution in [-0.4, -0.2) is 36.2 Å². The third-order valence-electron chi connectivity index (χ3n) is 3.20. The Morgan fingerprint density at radius 2 is 2.18 bits per heavy atom. The van der Waals surface area contributed by atoms with E-state index in [0.29, 0.717) is 0 Å². The lowest BCUT2D eigenvalue weighted by atomic mass is 10.0. The van der Waals surface area contributed by atoms with Gasteiger partial charge in [-0.05, 0) is 37.1 Å². The minimum atomic E-state index is -0.759. The molecule has 1 unspecified atom stereocenters. The monoisotopic (exact) mass is 235 g/mol. The SMILES string of the molecule is COc1ccc(C2CCCN2CC(=O)O)cc1. The normalized spacial score (nSPS) is 20.4. The molecular weight excluding hydrogens is 218 g/mol. The number of hydrogen-bond donors (Lipinski definition) is 1. The van der Waals surface area contributed by atoms with Crippen molar-refractivity contribution in [3.05, 3.63) is 29.8 Å². The van der Waals surface area contributed by atoms with Gasteiger partial charge in [0.25, 0.3) is 0 Å². The smallest absolute Gasteiger partial charge is 0.317 e. The van der Waals surface area contributed by atoms with Gasteiger partial charge in [-0.1, -0.05) is 12.1 Å². The zero-order valence-electron chi connectivity index (χ0n) is 9.93. The van der Waals surface area contributed by atoms with Crippen molar-refractivity contribution in [1.29, 1.82) is 0 Å². The predicted molar refractivity (Wildman–Crippen MR) is 64.2 cm³/mol. The number of aliphatic carboxylic acids is 1. The van der Waals surface area contributed by atoms with Crippen LogP contribution in [0.3, 0.4) is 0 Å². The van der Waals surface area contributed by atoms with Gasteiger partial charge in [-0.25, -0.2) is 0 Å². The molecule has 0 bridgehead atoms. The van der Waals surface area contributed by atoms with Crippen molar-refractivity contribution in [2.45, 2.75) is 18.9 Å². The van der Waals surface area contributed by atoms with Crippen LogP contribution in [0.15, 0.2) is 24.3 Å². The molecule has 0 radical (unpaired) electrons. The minimum absolute atomic E-state index is 0.122. The van der Waals surface area contributed by atoms with Crippen LogP contribution in [0, 0.1) is 0 Å². The van der Waals surface area contributed by atoms with Gasteiger partial charge in [-0.2, -0.15) is 0 Å². The van der Waals surface area contributed by atoms with E-state index < -0.39 is 5.97 Å². The molecule has 1 aliphatic heterocycles. The fourth-order valence-corrected chi connectivity index (χ4v) is 2.39. The fourth-order valence-electron chi connectivity index (χ4n) is 2.39. The topological polar surface area (TPSA) is 49.8 Å². The van der Waals surface area contributed by atoms with Crippen LogP contribution in [0.25, 0.3) is 0 Å². The number of carbonyl (C=O) groups is 1. The van der Waals surface area contributed by atoms with Gasteiger partial charge in [0.1, 0.15) is 5.75 Å². The van der Waals surface area contributed by atoms with Gasteiger partial charge in [-0.3, -0.25) is 9.69 Å². The number of rotatable bonds is 4. The summed E-state index contributed by atoms with van der Waals surface area (Å²) in [6, 6.07) is 8.11. The van der Waals surface area contributed by atoms with Gasteiger partial charge in [0.05, 0.1) is 13.7 Å². The maximum Gasteiger partial charge on any atom is 0.317 e. The minimum Gasteiger partial charge on any atom is -0.497 e. The first-order chi connectivity index (χ1) is 8.20. The Bertz CT molecular complexity index is 388. The summed E-state index contributed by atoms with van der Waals surface area (Å²) in [5, 5.41) is 8.86. The van der Waals surface area contributed by atoms with Crippen LogP contribution < -0.4 is 4.74 Å². The largest absolute Gasteiger partial charge is 0.497 e. The molecule has 1 N–H and O–H groups in total. The van der Waals surface area contributed by atoms with Gasteiger partial charge in [-0.15, -0.1) is 0 Å². The molecule has 0 amide bonds. The van der Waals surface area contributed by atoms with Crippen LogP contribution in [0.2, 0.25) is 0 Å². The first-order valence-corrected chi connectivity index (χ1v) is 5.80. The Morgan fingerprint density at radius 1 is 1.47 bits per heavy atom. The number of benzene rings is 1. The molecule has 1 fully saturated rings. The second-order valence-corrected chi connectivity index (χ2v) is 4.30. The van der Waals surface area contributed by atoms with E-state index in [4.69, 9.17) is 9.84 Å². The molecule has 92 valence electrons. The molecule has 1 saturated heterocycles. The van der Waals surface area contributed by atoms with Crippen molar-refractivity contribution < 1.29 is 14.6 Å². The molecule has 0 saturated carbocycles. The third-order valence-corrected chi connectivity index (χ3v) is 3.20. The summed E-state index contributed by atoms with van der Waals surface area (Å²) in [5.74, 6) is 0.0712. The summed E-state index contributed by atoms with van der Waals surface area (Å²) in [7, 11) is 1.64. The Hall–Kier alpha value is -1.55. The van der Waals surface area contributed by atoms with Gasteiger partial charge in [0.2, 0.25) is 0 Å². The summed E-state index contributed by atoms with van der Waals surface area (Å²) >= 11 is 0. The molecule has 1 aliphatic rings. The number of carboxylic acid groups (broad SMARTS) is 1. The first kappa shape index (κ1) is 11.9. The molecule has 0 aromatic heterocycles. The Morgan fingerprint density at radius 3 is 2.76 bits per heavy atom. The molecule has 4 nitrogen and oxygen atoms in total. The Kier molecular flexibility index (Phi) is 3.64. The van der Waals surface area contributed by atoms with Gasteiger partial charge in [0, 0.05) is 6.04 Å². The van der Waals surface area contributed by atoms with Crippen molar-refractivity contribution in [3.8, 4) is 5.75 Å². The number of ether oxygens (including phenoxy) is 1. The second-order valence-electron chi connectivity index (χ2n) is 4.30. The third kappa shape index (κ3) is 2.77. The molecule has 1 atom stereocenters. The van der Waals surface area contributed by atoms with E-state index >= 15 is 0 Å². The predicted octanol–water partition coefficient (Wildman–Crippen LogP) is 1.92. The number of hydrogen-bond acceptors (Lipinski definition) is 3. The Labute approximate surface area is 101 Å². The highest BCUT2D eigenvalue weighted by Gasteiger charge is 2.27. The van der Waals surface area contributed by atoms with Crippen molar-refractivity contribution in [2.75, 3.05) is 20.2 Å². The van der Waals surface area contributed by atoms with Crippen LogP contribution in [0.4, 0.5) is 0 Å². The van der Waals surface area contributed by atoms with E-state index in [0.717, 1.165) is 25.1 Å². The molecule has 4 heteroatoms. The molecule has 1 aromatic carbocycles. The summed E-state index contributed by atoms with van der Waals surface area (Å²) in [5.41, 5.74) is 1.17. The van der Waals surface area contributed by atoms with E-state index in [9.17, 15) is 4.79 Å². The first-order valence-electron chi connectivity index (χ1n) is 5.80. The molecular formula is C13H17NO3. The van der Waals surface area contributed by atoms with Crippen molar-refractivity contribution in [1.82, 2.24) is 4.90 Å². The summed E-state index contributed by atoms with van der Waals surface area (Å²) < 4.78 is 5.12. The lowest BCUT2D eigenvalue weighted by Gasteiger charge is -2.22. The van der Waals surface area contributed by atoms with E-state index in [1.54, 1.807) is 7.11 Å². The van der Waals surface area contributed by atoms with Crippen LogP contribution in [0.5, 0.6) is 5.75 Å². The van der Waals surface area contributed by atoms with Gasteiger partial charge >= 0.3 is 5.97 Å². The summed E-state index contributed by atoms with van der Waals surface area (Å²) in [4.78, 5) is 12.8. The average Bonchev–Trinajstić information content (AvgIpc) is 2.76. The molecule has 2 rings (SSSR count). The summed E-state index contributed by atoms with van der Waals surface area (Å²) in [6.07, 6.45) is 2.09. The van der Waals surface area contributed by atoms with Crippen LogP contribution in [-0.2, 0) is 4.79 Å². The number of carboxylic acids is 1. The Balaban J connectivity index is 2.11. The highest BCUT2D eigenvalue weighted by molar-refractivity contribution is 5.69. The maximum atomic E-state index is 10.8. The average molecular weight is 235 g/mol. The second kappa shape index (κ2) is 5.19. The maximum absolute atomic E-state index is 10.8. The lowest BCUT2D eigenvalue weighted by molar-refractivity contribution is -0.138. The molecule has 0 spiro atoms. The zero-order valence-corrected chi connectivity index (χ0v) is 9.93. The van der Waals surface area contributed by atoms with Gasteiger partial charge in [0.15, 0.2) is 0 Å². The van der Waals surface area contributed by atoms with E-state index in [1.165, 1.54) is 5.56 Å². The van der Waals surface area contributed by atoms with E-state index in [-0.39, 0.29) is 12.6 Å². The van der Waals surface area contributed by atoms with E-state index in [1.807, 2.05) is 29.2 Å². The summed E-state index contributed by atoms with van der Waals surface area (Å²) in [6.45, 7) is 0.986. The number of methoxy groups -OCH3 is 1. The molecule has 17 heavy (non-hydrogen) atoms. The lowest BCUT2D eigenvalue weighted by Crippen LogP contribution is -2.29. The number of nitrogens with zero attached hydrogens (tertiary/aromatic N) is 1. The van der Waals surface area contributed by atoms with Crippen molar-refractivity contribution in [2.24, 2.45) is 0 Å². The van der Waals surface area contributed by atoms with Crippen LogP contribution >= 0.6 is 0 Å². The number of likely N-dealkylation sites (tertiary alicyclic amines) is 1. The molecule has 1 aromatic rings.